The number of carbonyl (C=O) groups excluding carboxylic acids is 1. The van der Waals surface area contributed by atoms with Crippen molar-refractivity contribution in [2.75, 3.05) is 26.7 Å². The molecule has 0 aliphatic carbocycles. The van der Waals surface area contributed by atoms with E-state index in [0.717, 1.165) is 18.1 Å². The van der Waals surface area contributed by atoms with Gasteiger partial charge in [-0.15, -0.1) is 24.0 Å². The predicted octanol–water partition coefficient (Wildman–Crippen LogP) is 3.78. The van der Waals surface area contributed by atoms with E-state index in [0.29, 0.717) is 29.7 Å². The van der Waals surface area contributed by atoms with Crippen LogP contribution < -0.4 is 10.6 Å². The third-order valence-electron chi connectivity index (χ3n) is 3.30. The number of carbonyl (C=O) groups is 1. The van der Waals surface area contributed by atoms with Crippen molar-refractivity contribution in [3.8, 4) is 0 Å². The van der Waals surface area contributed by atoms with Gasteiger partial charge in [-0.05, 0) is 24.6 Å². The zero-order valence-corrected chi connectivity index (χ0v) is 18.9. The monoisotopic (exact) mass is 500 g/mol. The molecule has 0 saturated carbocycles. The molecule has 0 radical (unpaired) electrons. The van der Waals surface area contributed by atoms with E-state index in [-0.39, 0.29) is 35.8 Å². The summed E-state index contributed by atoms with van der Waals surface area (Å²) in [4.78, 5) is 18.1. The van der Waals surface area contributed by atoms with Crippen molar-refractivity contribution in [1.29, 1.82) is 0 Å². The van der Waals surface area contributed by atoms with Crippen LogP contribution in [0.25, 0.3) is 0 Å². The first kappa shape index (κ1) is 24.3. The second kappa shape index (κ2) is 12.6. The summed E-state index contributed by atoms with van der Waals surface area (Å²) in [5.41, 5.74) is 1.05. The summed E-state index contributed by atoms with van der Waals surface area (Å²) in [5, 5.41) is 7.19. The minimum atomic E-state index is -0.0143. The molecular formula is C17H27Cl2IN4O. The molecule has 0 atom stereocenters. The van der Waals surface area contributed by atoms with Gasteiger partial charge in [0.2, 0.25) is 5.91 Å². The number of hydrogen-bond acceptors (Lipinski definition) is 2. The number of hydrogen-bond donors (Lipinski definition) is 2. The molecule has 8 heteroatoms. The maximum atomic E-state index is 11.5. The van der Waals surface area contributed by atoms with Crippen LogP contribution in [0, 0.1) is 5.92 Å². The summed E-state index contributed by atoms with van der Waals surface area (Å²) in [5.74, 6) is 0.807. The molecule has 0 saturated heterocycles. The minimum absolute atomic E-state index is 0. The number of nitrogens with one attached hydrogen (secondary N) is 2. The molecular weight excluding hydrogens is 474 g/mol. The molecule has 0 spiro atoms. The number of guanidine groups is 1. The van der Waals surface area contributed by atoms with E-state index < -0.39 is 0 Å². The van der Waals surface area contributed by atoms with Gasteiger partial charge in [0.25, 0.3) is 0 Å². The fraction of sp³-hybridized carbons (Fsp3) is 0.529. The van der Waals surface area contributed by atoms with E-state index in [1.54, 1.807) is 6.07 Å². The molecule has 1 aromatic carbocycles. The van der Waals surface area contributed by atoms with E-state index in [1.165, 1.54) is 0 Å². The van der Waals surface area contributed by atoms with Gasteiger partial charge in [-0.1, -0.05) is 43.1 Å². The highest BCUT2D eigenvalue weighted by molar-refractivity contribution is 14.0. The Morgan fingerprint density at radius 2 is 1.92 bits per heavy atom. The van der Waals surface area contributed by atoms with Crippen LogP contribution in [-0.4, -0.2) is 43.4 Å². The van der Waals surface area contributed by atoms with E-state index >= 15 is 0 Å². The first-order valence-electron chi connectivity index (χ1n) is 8.06. The van der Waals surface area contributed by atoms with Crippen molar-refractivity contribution in [3.63, 3.8) is 0 Å². The van der Waals surface area contributed by atoms with Gasteiger partial charge < -0.3 is 15.5 Å². The van der Waals surface area contributed by atoms with E-state index in [9.17, 15) is 4.79 Å². The Balaban J connectivity index is 0.00000576. The normalized spacial score (nSPS) is 11.1. The molecule has 0 aromatic heterocycles. The van der Waals surface area contributed by atoms with Gasteiger partial charge in [-0.2, -0.15) is 0 Å². The average molecular weight is 501 g/mol. The highest BCUT2D eigenvalue weighted by atomic mass is 127. The number of amides is 1. The average Bonchev–Trinajstić information content (AvgIpc) is 2.53. The first-order chi connectivity index (χ1) is 11.3. The predicted molar refractivity (Wildman–Crippen MR) is 117 cm³/mol. The lowest BCUT2D eigenvalue weighted by Gasteiger charge is -2.22. The molecule has 0 fully saturated rings. The number of benzene rings is 1. The van der Waals surface area contributed by atoms with E-state index in [1.807, 2.05) is 44.9 Å². The zero-order chi connectivity index (χ0) is 18.1. The molecule has 0 aliphatic heterocycles. The quantitative estimate of drug-likeness (QED) is 0.259. The Morgan fingerprint density at radius 1 is 1.24 bits per heavy atom. The standard InChI is InChI=1S/C17H26Cl2N4O.HI/c1-5-20-17(22-9-8-21-16(24)12(2)3)23(4)11-13-6-7-14(18)15(19)10-13;/h6-7,10,12H,5,8-9,11H2,1-4H3,(H,20,22)(H,21,24);1H. The van der Waals surface area contributed by atoms with Crippen LogP contribution >= 0.6 is 47.2 Å². The molecule has 0 heterocycles. The van der Waals surface area contributed by atoms with Gasteiger partial charge in [0.05, 0.1) is 16.6 Å². The van der Waals surface area contributed by atoms with Crippen LogP contribution in [0.4, 0.5) is 0 Å². The third kappa shape index (κ3) is 8.96. The molecule has 25 heavy (non-hydrogen) atoms. The molecule has 0 unspecified atom stereocenters. The maximum absolute atomic E-state index is 11.5. The SMILES string of the molecule is CCNC(=NCCNC(=O)C(C)C)N(C)Cc1ccc(Cl)c(Cl)c1.I. The van der Waals surface area contributed by atoms with Gasteiger partial charge in [0.1, 0.15) is 0 Å². The second-order valence-corrected chi connectivity index (χ2v) is 6.60. The van der Waals surface area contributed by atoms with Gasteiger partial charge in [0, 0.05) is 32.6 Å². The lowest BCUT2D eigenvalue weighted by atomic mass is 10.2. The topological polar surface area (TPSA) is 56.7 Å². The van der Waals surface area contributed by atoms with Crippen LogP contribution in [0.15, 0.2) is 23.2 Å². The third-order valence-corrected chi connectivity index (χ3v) is 4.04. The smallest absolute Gasteiger partial charge is 0.222 e. The van der Waals surface area contributed by atoms with Crippen molar-refractivity contribution in [2.24, 2.45) is 10.9 Å². The molecule has 142 valence electrons. The Morgan fingerprint density at radius 3 is 2.48 bits per heavy atom. The Kier molecular flexibility index (Phi) is 12.2. The Labute approximate surface area is 177 Å². The summed E-state index contributed by atoms with van der Waals surface area (Å²) in [7, 11) is 1.96. The molecule has 5 nitrogen and oxygen atoms in total. The van der Waals surface area contributed by atoms with Crippen molar-refractivity contribution in [1.82, 2.24) is 15.5 Å². The molecule has 1 rings (SSSR count). The van der Waals surface area contributed by atoms with Crippen LogP contribution in [0.1, 0.15) is 26.3 Å². The summed E-state index contributed by atoms with van der Waals surface area (Å²) in [6.07, 6.45) is 0. The summed E-state index contributed by atoms with van der Waals surface area (Å²) in [6.45, 7) is 8.22. The van der Waals surface area contributed by atoms with Crippen LogP contribution in [0.2, 0.25) is 10.0 Å². The Bertz CT molecular complexity index is 582. The van der Waals surface area contributed by atoms with E-state index in [4.69, 9.17) is 23.2 Å². The minimum Gasteiger partial charge on any atom is -0.357 e. The second-order valence-electron chi connectivity index (χ2n) is 5.79. The fourth-order valence-corrected chi connectivity index (χ4v) is 2.32. The summed E-state index contributed by atoms with van der Waals surface area (Å²) < 4.78 is 0. The summed E-state index contributed by atoms with van der Waals surface area (Å²) in [6, 6.07) is 5.59. The zero-order valence-electron chi connectivity index (χ0n) is 15.1. The van der Waals surface area contributed by atoms with Crippen molar-refractivity contribution >= 4 is 59.0 Å². The van der Waals surface area contributed by atoms with E-state index in [2.05, 4.69) is 15.6 Å². The molecule has 0 bridgehead atoms. The largest absolute Gasteiger partial charge is 0.357 e. The highest BCUT2D eigenvalue weighted by Gasteiger charge is 2.09. The van der Waals surface area contributed by atoms with Gasteiger partial charge in [-0.3, -0.25) is 9.79 Å². The van der Waals surface area contributed by atoms with Gasteiger partial charge in [0.15, 0.2) is 5.96 Å². The maximum Gasteiger partial charge on any atom is 0.222 e. The number of aliphatic imine (C=N–C) groups is 1. The van der Waals surface area contributed by atoms with Crippen molar-refractivity contribution < 1.29 is 4.79 Å². The van der Waals surface area contributed by atoms with Crippen molar-refractivity contribution in [2.45, 2.75) is 27.3 Å². The van der Waals surface area contributed by atoms with Gasteiger partial charge >= 0.3 is 0 Å². The first-order valence-corrected chi connectivity index (χ1v) is 8.81. The highest BCUT2D eigenvalue weighted by Crippen LogP contribution is 2.23. The number of halogens is 3. The Hall–Kier alpha value is -0.730. The number of nitrogens with zero attached hydrogens (tertiary/aromatic N) is 2. The molecule has 1 aromatic rings. The van der Waals surface area contributed by atoms with Gasteiger partial charge in [-0.25, -0.2) is 0 Å². The lowest BCUT2D eigenvalue weighted by Crippen LogP contribution is -2.39. The van der Waals surface area contributed by atoms with Crippen LogP contribution in [0.5, 0.6) is 0 Å². The molecule has 0 aliphatic rings. The molecule has 1 amide bonds. The summed E-state index contributed by atoms with van der Waals surface area (Å²) >= 11 is 12.0. The fourth-order valence-electron chi connectivity index (χ4n) is 2.00. The number of rotatable bonds is 7. The van der Waals surface area contributed by atoms with Crippen molar-refractivity contribution in [3.05, 3.63) is 33.8 Å². The van der Waals surface area contributed by atoms with Crippen LogP contribution in [-0.2, 0) is 11.3 Å². The van der Waals surface area contributed by atoms with Crippen LogP contribution in [0.3, 0.4) is 0 Å². The molecule has 2 N–H and O–H groups in total. The lowest BCUT2D eigenvalue weighted by molar-refractivity contribution is -0.123.